The average Bonchev–Trinajstić information content (AvgIpc) is 1.60. The molecule has 0 radical (unpaired) electrons. The van der Waals surface area contributed by atoms with Crippen molar-refractivity contribution in [3.8, 4) is 23.0 Å². The van der Waals surface area contributed by atoms with Crippen LogP contribution in [0.25, 0.3) is 0 Å². The number of rotatable bonds is 15. The normalized spacial score (nSPS) is 16.7. The first-order chi connectivity index (χ1) is 46.5. The fourth-order valence-corrected chi connectivity index (χ4v) is 12.9. The number of benzene rings is 4. The Hall–Kier alpha value is -9.83. The Bertz CT molecular complexity index is 4170. The zero-order valence-electron chi connectivity index (χ0n) is 56.8. The summed E-state index contributed by atoms with van der Waals surface area (Å²) in [6, 6.07) is 19.5. The van der Waals surface area contributed by atoms with Gasteiger partial charge in [-0.3, -0.25) is 33.6 Å². The molecular formula is C70H79Br2N15O11. The fourth-order valence-electron chi connectivity index (χ4n) is 11.8. The monoisotopic (exact) mass is 1460 g/mol. The van der Waals surface area contributed by atoms with Crippen LogP contribution in [-0.4, -0.2) is 135 Å². The number of carbonyl (C=O) groups is 7. The predicted molar refractivity (Wildman–Crippen MR) is 375 cm³/mol. The van der Waals surface area contributed by atoms with E-state index in [1.165, 1.54) is 19.0 Å². The maximum absolute atomic E-state index is 12.5. The molecule has 0 atom stereocenters. The van der Waals surface area contributed by atoms with Crippen LogP contribution in [0, 0.1) is 17.8 Å². The van der Waals surface area contributed by atoms with Crippen LogP contribution >= 0.6 is 31.9 Å². The van der Waals surface area contributed by atoms with E-state index in [1.807, 2.05) is 66.8 Å². The molecule has 14 rings (SSSR count). The van der Waals surface area contributed by atoms with Gasteiger partial charge in [-0.05, 0) is 160 Å². The zero-order valence-corrected chi connectivity index (χ0v) is 60.0. The quantitative estimate of drug-likeness (QED) is 0.0555. The molecule has 3 aromatic heterocycles. The van der Waals surface area contributed by atoms with Crippen molar-refractivity contribution in [2.75, 3.05) is 76.6 Å². The number of methoxy groups -OCH3 is 4. The van der Waals surface area contributed by atoms with Crippen LogP contribution in [0.4, 0.5) is 40.5 Å². The number of Topliss-reactive ketones (excluding diaryl/α,β-unsaturated/α-hetero) is 1. The van der Waals surface area contributed by atoms with E-state index in [-0.39, 0.29) is 64.5 Å². The number of ether oxygens (including phenoxy) is 4. The summed E-state index contributed by atoms with van der Waals surface area (Å²) in [6.45, 7) is 12.5. The lowest BCUT2D eigenvalue weighted by Gasteiger charge is -2.30. The van der Waals surface area contributed by atoms with Crippen molar-refractivity contribution in [3.05, 3.63) is 145 Å². The zero-order chi connectivity index (χ0) is 70.9. The number of nitrogens with one attached hydrogen (secondary N) is 5. The topological polar surface area (TPSA) is 330 Å². The lowest BCUT2D eigenvalue weighted by atomic mass is 9.92. The van der Waals surface area contributed by atoms with E-state index < -0.39 is 11.1 Å². The largest absolute Gasteiger partial charge is 0.495 e. The van der Waals surface area contributed by atoms with Crippen LogP contribution in [0.5, 0.6) is 23.0 Å². The summed E-state index contributed by atoms with van der Waals surface area (Å²) >= 11 is 6.81. The molecule has 7 aliphatic rings. The van der Waals surface area contributed by atoms with Gasteiger partial charge in [0.1, 0.15) is 76.9 Å². The van der Waals surface area contributed by atoms with Crippen LogP contribution in [0.3, 0.4) is 0 Å². The average molecular weight is 1470 g/mol. The smallest absolute Gasteiger partial charge is 0.254 e. The Morgan fingerprint density at radius 1 is 0.510 bits per heavy atom. The molecule has 3 aliphatic carbocycles. The van der Waals surface area contributed by atoms with Crippen molar-refractivity contribution >= 4 is 114 Å². The molecule has 7 N–H and O–H groups in total. The van der Waals surface area contributed by atoms with Crippen LogP contribution < -0.4 is 51.3 Å². The van der Waals surface area contributed by atoms with Crippen molar-refractivity contribution < 1.29 is 52.5 Å². The molecule has 98 heavy (non-hydrogen) atoms. The summed E-state index contributed by atoms with van der Waals surface area (Å²) in [6.07, 6.45) is 10.4. The van der Waals surface area contributed by atoms with E-state index in [9.17, 15) is 33.6 Å². The molecule has 6 amide bonds. The minimum atomic E-state index is -0.496. The Morgan fingerprint density at radius 3 is 1.30 bits per heavy atom. The van der Waals surface area contributed by atoms with Gasteiger partial charge in [-0.1, -0.05) is 0 Å². The molecule has 3 fully saturated rings. The maximum atomic E-state index is 12.5. The van der Waals surface area contributed by atoms with Gasteiger partial charge in [0.05, 0.1) is 71.1 Å². The Balaban J connectivity index is 0.000000138. The molecule has 28 heteroatoms. The van der Waals surface area contributed by atoms with Gasteiger partial charge in [0.2, 0.25) is 11.8 Å². The minimum absolute atomic E-state index is 0.0111. The van der Waals surface area contributed by atoms with Crippen molar-refractivity contribution in [2.45, 2.75) is 110 Å². The molecule has 3 saturated carbocycles. The molecule has 0 unspecified atom stereocenters. The number of anilines is 7. The standard InChI is InChI=1S/2C20H23N5O3.C12H14BrNO2.C9H8BrNO2.C9H11N3O/c2*1-20(2)16-12(19(27)25(20)3)7-8-13(17(16)28-4)23-14-9-15(22-10-21-14)24-18(26)11-5-6-11;1-12(2)9-7(11(15)14(12)3)5-6-8(13)10(9)16-4;1-13-8-6-4-11-9(12)5(6)2-3-7(8)10;10-9-4-7(11-5-12-9)3-8(13)6-1-2-6/h2*7-11H,5-6H2,1-4H3,(H2,21,22,23,24,26);5-6H,1-4H3;2-3H,4H2,1H3,(H,11,12);4-6H,1-3H2,(H2,10,11,12). The summed E-state index contributed by atoms with van der Waals surface area (Å²) in [5, 5.41) is 14.8. The number of amides is 6. The lowest BCUT2D eigenvalue weighted by molar-refractivity contribution is -0.120. The lowest BCUT2D eigenvalue weighted by Crippen LogP contribution is -2.35. The molecule has 514 valence electrons. The summed E-state index contributed by atoms with van der Waals surface area (Å²) in [5.41, 5.74) is 12.5. The Labute approximate surface area is 584 Å². The van der Waals surface area contributed by atoms with E-state index in [2.05, 4.69) is 88.3 Å². The molecule has 0 bridgehead atoms. The van der Waals surface area contributed by atoms with Crippen molar-refractivity contribution in [2.24, 2.45) is 17.8 Å². The van der Waals surface area contributed by atoms with Gasteiger partial charge in [-0.2, -0.15) is 0 Å². The van der Waals surface area contributed by atoms with E-state index in [1.54, 1.807) is 106 Å². The number of halogens is 2. The predicted octanol–water partition coefficient (Wildman–Crippen LogP) is 10.9. The van der Waals surface area contributed by atoms with Crippen molar-refractivity contribution in [3.63, 3.8) is 0 Å². The van der Waals surface area contributed by atoms with Gasteiger partial charge in [0, 0.05) is 115 Å². The van der Waals surface area contributed by atoms with Crippen molar-refractivity contribution in [1.82, 2.24) is 49.9 Å². The van der Waals surface area contributed by atoms with Crippen LogP contribution in [0.2, 0.25) is 0 Å². The second-order valence-corrected chi connectivity index (χ2v) is 27.6. The molecule has 0 spiro atoms. The molecule has 0 saturated heterocycles. The SMILES string of the molecule is COc1c(Br)ccc2c1C(C)(C)N(C)C2=O.COc1c(Br)ccc2c1CNC2=O.COc1c(Nc2cc(NC(=O)C3CC3)ncn2)ccc2c1C(C)(C)N(C)C2=O.COc1c(Nc2cc(NC(=O)C3CC3)ncn2)ccc2c1C(C)(C)N(C)C2=O.Nc1cc(CC(=O)C2CC2)ncn1. The number of carbonyl (C=O) groups excluding carboxylic acids is 7. The van der Waals surface area contributed by atoms with Gasteiger partial charge in [-0.15, -0.1) is 0 Å². The maximum Gasteiger partial charge on any atom is 0.254 e. The third-order valence-corrected chi connectivity index (χ3v) is 19.7. The summed E-state index contributed by atoms with van der Waals surface area (Å²) in [5.74, 6) is 5.76. The van der Waals surface area contributed by atoms with E-state index in [0.717, 1.165) is 92.5 Å². The number of ketones is 1. The van der Waals surface area contributed by atoms with Gasteiger partial charge in [-0.25, -0.2) is 29.9 Å². The first kappa shape index (κ1) is 71.0. The summed E-state index contributed by atoms with van der Waals surface area (Å²) in [7, 11) is 11.8. The summed E-state index contributed by atoms with van der Waals surface area (Å²) < 4.78 is 23.7. The number of nitrogen functional groups attached to an aromatic ring is 1. The van der Waals surface area contributed by atoms with Gasteiger partial charge in [0.15, 0.2) is 0 Å². The number of hydrogen-bond donors (Lipinski definition) is 6. The molecule has 7 heterocycles. The molecule has 4 aliphatic heterocycles. The number of aromatic nitrogens is 6. The highest BCUT2D eigenvalue weighted by atomic mass is 79.9. The minimum Gasteiger partial charge on any atom is -0.495 e. The molecule has 26 nitrogen and oxygen atoms in total. The highest BCUT2D eigenvalue weighted by Gasteiger charge is 2.46. The first-order valence-corrected chi connectivity index (χ1v) is 33.3. The Kier molecular flexibility index (Phi) is 20.8. The number of nitrogens with zero attached hydrogens (tertiary/aromatic N) is 9. The van der Waals surface area contributed by atoms with Gasteiger partial charge < -0.3 is 66.0 Å². The second-order valence-electron chi connectivity index (χ2n) is 25.9. The van der Waals surface area contributed by atoms with Gasteiger partial charge in [0.25, 0.3) is 23.6 Å². The van der Waals surface area contributed by atoms with Crippen LogP contribution in [0.15, 0.2) is 94.7 Å². The highest BCUT2D eigenvalue weighted by Crippen LogP contribution is 2.50. The molecule has 7 aromatic rings. The number of nitrogens with two attached hydrogens (primary N) is 1. The fraction of sp³-hybridized carbons (Fsp3) is 0.386. The van der Waals surface area contributed by atoms with Crippen LogP contribution in [0.1, 0.15) is 149 Å². The number of fused-ring (bicyclic) bond motifs is 4. The van der Waals surface area contributed by atoms with Gasteiger partial charge >= 0.3 is 0 Å². The van der Waals surface area contributed by atoms with E-state index in [0.29, 0.717) is 81.6 Å². The van der Waals surface area contributed by atoms with Crippen LogP contribution in [-0.2, 0) is 44.0 Å². The second kappa shape index (κ2) is 28.7. The Morgan fingerprint density at radius 2 is 0.888 bits per heavy atom. The van der Waals surface area contributed by atoms with E-state index in [4.69, 9.17) is 24.7 Å². The number of hydrogen-bond acceptors (Lipinski definition) is 20. The molecule has 4 aromatic carbocycles. The molecular weight excluding hydrogens is 1390 g/mol. The third-order valence-electron chi connectivity index (χ3n) is 18.5. The van der Waals surface area contributed by atoms with E-state index >= 15 is 0 Å². The highest BCUT2D eigenvalue weighted by molar-refractivity contribution is 9.11. The first-order valence-electron chi connectivity index (χ1n) is 31.7. The third kappa shape index (κ3) is 14.7. The van der Waals surface area contributed by atoms with Crippen molar-refractivity contribution in [1.29, 1.82) is 0 Å². The summed E-state index contributed by atoms with van der Waals surface area (Å²) in [4.78, 5) is 113.